The molecular weight excluding hydrogens is 238 g/mol. The van der Waals surface area contributed by atoms with Crippen LogP contribution in [0.1, 0.15) is 39.0 Å². The molecule has 3 nitrogen and oxygen atoms in total. The maximum absolute atomic E-state index is 6.08. The molecule has 0 aromatic heterocycles. The van der Waals surface area contributed by atoms with Gasteiger partial charge in [-0.15, -0.1) is 0 Å². The summed E-state index contributed by atoms with van der Waals surface area (Å²) in [6, 6.07) is 7.94. The van der Waals surface area contributed by atoms with Crippen LogP contribution in [0, 0.1) is 5.92 Å². The Morgan fingerprint density at radius 3 is 2.47 bits per heavy atom. The minimum absolute atomic E-state index is 0.279. The van der Waals surface area contributed by atoms with Crippen molar-refractivity contribution in [1.82, 2.24) is 0 Å². The van der Waals surface area contributed by atoms with Gasteiger partial charge in [-0.1, -0.05) is 13.3 Å². The van der Waals surface area contributed by atoms with E-state index in [1.165, 1.54) is 19.3 Å². The van der Waals surface area contributed by atoms with E-state index in [0.717, 1.165) is 37.5 Å². The predicted octanol–water partition coefficient (Wildman–Crippen LogP) is 3.37. The van der Waals surface area contributed by atoms with Gasteiger partial charge in [-0.2, -0.15) is 0 Å². The predicted molar refractivity (Wildman–Crippen MR) is 77.7 cm³/mol. The molecule has 0 radical (unpaired) electrons. The molecule has 0 aliphatic heterocycles. The second kappa shape index (κ2) is 7.39. The molecule has 19 heavy (non-hydrogen) atoms. The Morgan fingerprint density at radius 2 is 1.79 bits per heavy atom. The maximum atomic E-state index is 6.08. The van der Waals surface area contributed by atoms with Gasteiger partial charge in [0.25, 0.3) is 0 Å². The molecule has 1 aliphatic carbocycles. The van der Waals surface area contributed by atoms with E-state index in [0.29, 0.717) is 5.92 Å². The highest BCUT2D eigenvalue weighted by Crippen LogP contribution is 2.28. The Hall–Kier alpha value is -1.22. The van der Waals surface area contributed by atoms with Crippen molar-refractivity contribution in [3.8, 4) is 11.5 Å². The lowest BCUT2D eigenvalue weighted by atomic mass is 9.86. The summed E-state index contributed by atoms with van der Waals surface area (Å²) in [5.41, 5.74) is 5.83. The lowest BCUT2D eigenvalue weighted by Crippen LogP contribution is -2.35. The van der Waals surface area contributed by atoms with E-state index in [2.05, 4.69) is 6.92 Å². The Kier molecular flexibility index (Phi) is 5.52. The van der Waals surface area contributed by atoms with E-state index in [1.54, 1.807) is 0 Å². The van der Waals surface area contributed by atoms with Gasteiger partial charge >= 0.3 is 0 Å². The number of hydrogen-bond donors (Lipinski definition) is 1. The summed E-state index contributed by atoms with van der Waals surface area (Å²) in [5.74, 6) is 2.34. The van der Waals surface area contributed by atoms with Crippen LogP contribution in [-0.4, -0.2) is 19.3 Å². The Bertz CT molecular complexity index is 364. The van der Waals surface area contributed by atoms with Crippen LogP contribution in [0.2, 0.25) is 0 Å². The number of ether oxygens (including phenoxy) is 2. The fourth-order valence-corrected chi connectivity index (χ4v) is 2.61. The maximum Gasteiger partial charge on any atom is 0.120 e. The van der Waals surface area contributed by atoms with Crippen molar-refractivity contribution in [3.05, 3.63) is 24.3 Å². The lowest BCUT2D eigenvalue weighted by Gasteiger charge is -2.31. The molecular formula is C16H25NO2. The highest BCUT2D eigenvalue weighted by Gasteiger charge is 2.25. The fraction of sp³-hybridized carbons (Fsp3) is 0.625. The highest BCUT2D eigenvalue weighted by molar-refractivity contribution is 5.31. The molecule has 0 amide bonds. The minimum atomic E-state index is 0.279. The van der Waals surface area contributed by atoms with Gasteiger partial charge in [0.2, 0.25) is 0 Å². The molecule has 0 spiro atoms. The van der Waals surface area contributed by atoms with Crippen molar-refractivity contribution in [2.75, 3.05) is 13.2 Å². The molecule has 2 unspecified atom stereocenters. The number of benzene rings is 1. The average Bonchev–Trinajstić information content (AvgIpc) is 2.47. The third-order valence-electron chi connectivity index (χ3n) is 3.73. The first-order valence-electron chi connectivity index (χ1n) is 7.43. The van der Waals surface area contributed by atoms with Crippen molar-refractivity contribution in [3.63, 3.8) is 0 Å². The first-order chi connectivity index (χ1) is 9.33. The van der Waals surface area contributed by atoms with Crippen LogP contribution in [0.15, 0.2) is 24.3 Å². The standard InChI is InChI=1S/C16H25NO2/c1-2-11-18-14-7-9-15(10-8-14)19-16-6-4-3-5-13(16)12-17/h7-10,13,16H,2-6,11-12,17H2,1H3. The molecule has 106 valence electrons. The molecule has 1 saturated carbocycles. The summed E-state index contributed by atoms with van der Waals surface area (Å²) in [4.78, 5) is 0. The van der Waals surface area contributed by atoms with E-state index in [-0.39, 0.29) is 6.10 Å². The molecule has 0 saturated heterocycles. The Balaban J connectivity index is 1.90. The zero-order valence-electron chi connectivity index (χ0n) is 11.8. The molecule has 2 atom stereocenters. The van der Waals surface area contributed by atoms with Gasteiger partial charge in [0, 0.05) is 5.92 Å². The van der Waals surface area contributed by atoms with Gasteiger partial charge in [0.15, 0.2) is 0 Å². The van der Waals surface area contributed by atoms with Crippen LogP contribution >= 0.6 is 0 Å². The molecule has 1 aliphatic rings. The van der Waals surface area contributed by atoms with Gasteiger partial charge in [-0.3, -0.25) is 0 Å². The SMILES string of the molecule is CCCOc1ccc(OC2CCCCC2CN)cc1. The van der Waals surface area contributed by atoms with Gasteiger partial charge < -0.3 is 15.2 Å². The van der Waals surface area contributed by atoms with Crippen LogP contribution in [0.3, 0.4) is 0 Å². The molecule has 1 aromatic rings. The molecule has 0 heterocycles. The van der Waals surface area contributed by atoms with E-state index in [4.69, 9.17) is 15.2 Å². The van der Waals surface area contributed by atoms with Gasteiger partial charge in [0.1, 0.15) is 17.6 Å². The van der Waals surface area contributed by atoms with Crippen LogP contribution < -0.4 is 15.2 Å². The van der Waals surface area contributed by atoms with Crippen molar-refractivity contribution in [2.24, 2.45) is 11.7 Å². The second-order valence-electron chi connectivity index (χ2n) is 5.26. The third kappa shape index (κ3) is 4.13. The quantitative estimate of drug-likeness (QED) is 0.855. The van der Waals surface area contributed by atoms with E-state index < -0.39 is 0 Å². The van der Waals surface area contributed by atoms with Gasteiger partial charge in [-0.25, -0.2) is 0 Å². The topological polar surface area (TPSA) is 44.5 Å². The van der Waals surface area contributed by atoms with Crippen LogP contribution in [0.4, 0.5) is 0 Å². The van der Waals surface area contributed by atoms with Crippen molar-refractivity contribution < 1.29 is 9.47 Å². The Morgan fingerprint density at radius 1 is 1.11 bits per heavy atom. The molecule has 1 aromatic carbocycles. The van der Waals surface area contributed by atoms with Gasteiger partial charge in [0.05, 0.1) is 6.61 Å². The molecule has 2 rings (SSSR count). The van der Waals surface area contributed by atoms with E-state index >= 15 is 0 Å². The van der Waals surface area contributed by atoms with Gasteiger partial charge in [-0.05, 0) is 56.5 Å². The number of rotatable bonds is 6. The normalized spacial score (nSPS) is 23.1. The minimum Gasteiger partial charge on any atom is -0.494 e. The zero-order chi connectivity index (χ0) is 13.5. The molecule has 2 N–H and O–H groups in total. The molecule has 3 heteroatoms. The number of hydrogen-bond acceptors (Lipinski definition) is 3. The van der Waals surface area contributed by atoms with E-state index in [1.807, 2.05) is 24.3 Å². The largest absolute Gasteiger partial charge is 0.494 e. The smallest absolute Gasteiger partial charge is 0.120 e. The summed E-state index contributed by atoms with van der Waals surface area (Å²) in [5, 5.41) is 0. The fourth-order valence-electron chi connectivity index (χ4n) is 2.61. The van der Waals surface area contributed by atoms with Crippen LogP contribution in [-0.2, 0) is 0 Å². The summed E-state index contributed by atoms with van der Waals surface area (Å²) < 4.78 is 11.6. The first kappa shape index (κ1) is 14.2. The molecule has 1 fully saturated rings. The summed E-state index contributed by atoms with van der Waals surface area (Å²) in [6.45, 7) is 3.59. The molecule has 0 bridgehead atoms. The third-order valence-corrected chi connectivity index (χ3v) is 3.73. The van der Waals surface area contributed by atoms with Crippen molar-refractivity contribution in [2.45, 2.75) is 45.1 Å². The first-order valence-corrected chi connectivity index (χ1v) is 7.43. The lowest BCUT2D eigenvalue weighted by molar-refractivity contribution is 0.0969. The monoisotopic (exact) mass is 263 g/mol. The van der Waals surface area contributed by atoms with Crippen LogP contribution in [0.25, 0.3) is 0 Å². The Labute approximate surface area is 116 Å². The second-order valence-corrected chi connectivity index (χ2v) is 5.26. The van der Waals surface area contributed by atoms with Crippen molar-refractivity contribution >= 4 is 0 Å². The number of nitrogens with two attached hydrogens (primary N) is 1. The van der Waals surface area contributed by atoms with E-state index in [9.17, 15) is 0 Å². The average molecular weight is 263 g/mol. The van der Waals surface area contributed by atoms with Crippen molar-refractivity contribution in [1.29, 1.82) is 0 Å². The summed E-state index contributed by atoms with van der Waals surface area (Å²) in [7, 11) is 0. The van der Waals surface area contributed by atoms with Crippen LogP contribution in [0.5, 0.6) is 11.5 Å². The highest BCUT2D eigenvalue weighted by atomic mass is 16.5. The summed E-state index contributed by atoms with van der Waals surface area (Å²) in [6.07, 6.45) is 6.15. The zero-order valence-corrected chi connectivity index (χ0v) is 11.8. The summed E-state index contributed by atoms with van der Waals surface area (Å²) >= 11 is 0.